The van der Waals surface area contributed by atoms with Crippen LogP contribution in [-0.2, 0) is 16.6 Å². The summed E-state index contributed by atoms with van der Waals surface area (Å²) in [5.74, 6) is 0.387. The van der Waals surface area contributed by atoms with E-state index in [0.717, 1.165) is 4.47 Å². The summed E-state index contributed by atoms with van der Waals surface area (Å²) in [5, 5.41) is 7.63. The van der Waals surface area contributed by atoms with Crippen LogP contribution in [0.2, 0.25) is 0 Å². The summed E-state index contributed by atoms with van der Waals surface area (Å²) in [7, 11) is 0. The second kappa shape index (κ2) is 13.1. The predicted molar refractivity (Wildman–Crippen MR) is 167 cm³/mol. The lowest BCUT2D eigenvalue weighted by atomic mass is 9.95. The molecule has 0 fully saturated rings. The maximum absolute atomic E-state index is 13.5. The van der Waals surface area contributed by atoms with Gasteiger partial charge in [-0.15, -0.1) is 6.58 Å². The topological polar surface area (TPSA) is 94.8 Å². The summed E-state index contributed by atoms with van der Waals surface area (Å²) in [5.41, 5.74) is 1.52. The van der Waals surface area contributed by atoms with Crippen LogP contribution in [0, 0.1) is 5.82 Å². The molecule has 10 heteroatoms. The second-order valence-corrected chi connectivity index (χ2v) is 11.4. The molecular weight excluding hydrogens is 603 g/mol. The zero-order chi connectivity index (χ0) is 30.4. The molecule has 1 aromatic heterocycles. The van der Waals surface area contributed by atoms with Crippen LogP contribution in [0.5, 0.6) is 11.5 Å². The van der Waals surface area contributed by atoms with Gasteiger partial charge >= 0.3 is 0 Å². The quantitative estimate of drug-likeness (QED) is 0.156. The molecule has 4 rings (SSSR count). The van der Waals surface area contributed by atoms with Gasteiger partial charge in [-0.1, -0.05) is 48.8 Å². The third-order valence-corrected chi connectivity index (χ3v) is 6.57. The number of aromatic nitrogens is 2. The van der Waals surface area contributed by atoms with Gasteiger partial charge in [-0.05, 0) is 67.4 Å². The number of hydrogen-bond acceptors (Lipinski definition) is 6. The van der Waals surface area contributed by atoms with Crippen molar-refractivity contribution in [2.75, 3.05) is 18.5 Å². The number of nitrogens with zero attached hydrogens (tertiary/aromatic N) is 3. The molecule has 1 amide bonds. The predicted octanol–water partition coefficient (Wildman–Crippen LogP) is 6.62. The Balaban J connectivity index is 1.70. The number of carbonyl (C=O) groups excluding carboxylic acids is 1. The van der Waals surface area contributed by atoms with Crippen LogP contribution >= 0.6 is 15.9 Å². The normalized spacial score (nSPS) is 11.6. The van der Waals surface area contributed by atoms with E-state index in [0.29, 0.717) is 58.1 Å². The zero-order valence-electron chi connectivity index (χ0n) is 23.9. The SMILES string of the molecule is C=CCc1cc(C=Nn2c(C(C)(C)C)nc3ccc(Br)cc3c2=O)cc(OCC)c1OCC(=O)Nc1cccc(F)c1. The first-order valence-corrected chi connectivity index (χ1v) is 14.2. The molecule has 218 valence electrons. The van der Waals surface area contributed by atoms with E-state index in [9.17, 15) is 14.0 Å². The van der Waals surface area contributed by atoms with Crippen LogP contribution < -0.4 is 20.3 Å². The van der Waals surface area contributed by atoms with Gasteiger partial charge in [-0.3, -0.25) is 9.59 Å². The maximum Gasteiger partial charge on any atom is 0.282 e. The number of rotatable bonds is 10. The number of fused-ring (bicyclic) bond motifs is 1. The molecule has 0 saturated carbocycles. The third kappa shape index (κ3) is 7.30. The van der Waals surface area contributed by atoms with Crippen molar-refractivity contribution >= 4 is 44.6 Å². The molecule has 42 heavy (non-hydrogen) atoms. The Morgan fingerprint density at radius 3 is 2.64 bits per heavy atom. The number of halogens is 2. The number of benzene rings is 3. The van der Waals surface area contributed by atoms with Crippen LogP contribution in [0.4, 0.5) is 10.1 Å². The van der Waals surface area contributed by atoms with E-state index < -0.39 is 17.1 Å². The summed E-state index contributed by atoms with van der Waals surface area (Å²) in [6, 6.07) is 14.6. The van der Waals surface area contributed by atoms with Crippen LogP contribution in [0.25, 0.3) is 10.9 Å². The molecule has 8 nitrogen and oxygen atoms in total. The monoisotopic (exact) mass is 634 g/mol. The number of nitrogens with one attached hydrogen (secondary N) is 1. The van der Waals surface area contributed by atoms with E-state index in [4.69, 9.17) is 14.5 Å². The van der Waals surface area contributed by atoms with Crippen molar-refractivity contribution in [1.82, 2.24) is 9.66 Å². The van der Waals surface area contributed by atoms with Crippen molar-refractivity contribution in [2.45, 2.75) is 39.5 Å². The summed E-state index contributed by atoms with van der Waals surface area (Å²) in [6.07, 6.45) is 3.69. The molecule has 0 saturated heterocycles. The number of carbonyl (C=O) groups is 1. The Hall–Kier alpha value is -4.31. The molecule has 1 heterocycles. The summed E-state index contributed by atoms with van der Waals surface area (Å²) in [6.45, 7) is 11.6. The fourth-order valence-electron chi connectivity index (χ4n) is 4.26. The van der Waals surface area contributed by atoms with Crippen LogP contribution in [0.1, 0.15) is 44.6 Å². The van der Waals surface area contributed by atoms with E-state index in [2.05, 4.69) is 32.9 Å². The van der Waals surface area contributed by atoms with Crippen molar-refractivity contribution in [1.29, 1.82) is 0 Å². The van der Waals surface area contributed by atoms with E-state index >= 15 is 0 Å². The lowest BCUT2D eigenvalue weighted by molar-refractivity contribution is -0.118. The van der Waals surface area contributed by atoms with Gasteiger partial charge in [0, 0.05) is 21.1 Å². The van der Waals surface area contributed by atoms with Crippen molar-refractivity contribution in [3.8, 4) is 11.5 Å². The Morgan fingerprint density at radius 2 is 1.95 bits per heavy atom. The van der Waals surface area contributed by atoms with E-state index in [1.165, 1.54) is 22.9 Å². The summed E-state index contributed by atoms with van der Waals surface area (Å²) in [4.78, 5) is 30.8. The first-order valence-electron chi connectivity index (χ1n) is 13.4. The highest BCUT2D eigenvalue weighted by Gasteiger charge is 2.23. The third-order valence-electron chi connectivity index (χ3n) is 6.08. The van der Waals surface area contributed by atoms with E-state index in [1.54, 1.807) is 36.6 Å². The van der Waals surface area contributed by atoms with Crippen LogP contribution in [-0.4, -0.2) is 35.0 Å². The van der Waals surface area contributed by atoms with Gasteiger partial charge in [-0.2, -0.15) is 9.78 Å². The molecule has 3 aromatic carbocycles. The first-order chi connectivity index (χ1) is 20.0. The van der Waals surface area contributed by atoms with Crippen molar-refractivity contribution < 1.29 is 18.7 Å². The van der Waals surface area contributed by atoms with Crippen molar-refractivity contribution in [3.63, 3.8) is 0 Å². The van der Waals surface area contributed by atoms with Gasteiger partial charge in [0.2, 0.25) is 0 Å². The largest absolute Gasteiger partial charge is 0.490 e. The molecule has 0 aliphatic carbocycles. The molecule has 0 radical (unpaired) electrons. The minimum Gasteiger partial charge on any atom is -0.490 e. The molecule has 0 unspecified atom stereocenters. The first kappa shape index (κ1) is 30.6. The highest BCUT2D eigenvalue weighted by molar-refractivity contribution is 9.10. The lowest BCUT2D eigenvalue weighted by Crippen LogP contribution is -2.29. The number of allylic oxidation sites excluding steroid dienone is 1. The molecule has 0 aliphatic rings. The van der Waals surface area contributed by atoms with Gasteiger partial charge in [0.05, 0.1) is 23.7 Å². The molecule has 0 spiro atoms. The van der Waals surface area contributed by atoms with Gasteiger partial charge < -0.3 is 14.8 Å². The van der Waals surface area contributed by atoms with Gasteiger partial charge in [0.15, 0.2) is 18.1 Å². The Kier molecular flexibility index (Phi) is 9.57. The Morgan fingerprint density at radius 1 is 1.17 bits per heavy atom. The Bertz CT molecular complexity index is 1730. The van der Waals surface area contributed by atoms with Gasteiger partial charge in [0.1, 0.15) is 11.6 Å². The molecule has 0 atom stereocenters. The number of hydrogen-bond donors (Lipinski definition) is 1. The van der Waals surface area contributed by atoms with Crippen molar-refractivity contribution in [2.24, 2.45) is 5.10 Å². The number of amides is 1. The number of ether oxygens (including phenoxy) is 2. The van der Waals surface area contributed by atoms with Crippen molar-refractivity contribution in [3.05, 3.63) is 105 Å². The summed E-state index contributed by atoms with van der Waals surface area (Å²) < 4.78 is 27.4. The van der Waals surface area contributed by atoms with E-state index in [-0.39, 0.29) is 12.2 Å². The average Bonchev–Trinajstić information content (AvgIpc) is 2.92. The van der Waals surface area contributed by atoms with Gasteiger partial charge in [0.25, 0.3) is 11.5 Å². The maximum atomic E-state index is 13.5. The fourth-order valence-corrected chi connectivity index (χ4v) is 4.62. The van der Waals surface area contributed by atoms with Crippen LogP contribution in [0.15, 0.2) is 81.6 Å². The van der Waals surface area contributed by atoms with Gasteiger partial charge in [-0.25, -0.2) is 9.37 Å². The highest BCUT2D eigenvalue weighted by Crippen LogP contribution is 2.34. The highest BCUT2D eigenvalue weighted by atomic mass is 79.9. The molecule has 0 bridgehead atoms. The molecule has 4 aromatic rings. The van der Waals surface area contributed by atoms with E-state index in [1.807, 2.05) is 39.8 Å². The molecule has 0 aliphatic heterocycles. The zero-order valence-corrected chi connectivity index (χ0v) is 25.5. The minimum absolute atomic E-state index is 0.289. The Labute approximate surface area is 252 Å². The number of anilines is 1. The minimum atomic E-state index is -0.466. The standard InChI is InChI=1S/C32H32BrFN4O4/c1-6-9-21-14-20(15-27(41-7-2)29(21)42-19-28(39)36-24-11-8-10-23(34)17-24)18-35-38-30(40)25-16-22(33)12-13-26(25)37-31(38)32(3,4)5/h6,8,10-18H,1,7,9,19H2,2-5H3,(H,36,39). The smallest absolute Gasteiger partial charge is 0.282 e. The molecular formula is C32H32BrFN4O4. The second-order valence-electron chi connectivity index (χ2n) is 10.5. The fraction of sp³-hybridized carbons (Fsp3) is 0.250. The summed E-state index contributed by atoms with van der Waals surface area (Å²) >= 11 is 3.43. The lowest BCUT2D eigenvalue weighted by Gasteiger charge is -2.21. The molecule has 1 N–H and O–H groups in total. The average molecular weight is 636 g/mol. The van der Waals surface area contributed by atoms with Crippen LogP contribution in [0.3, 0.4) is 0 Å².